The molecule has 3 N–H and O–H groups in total. The zero-order chi connectivity index (χ0) is 15.6. The van der Waals surface area contributed by atoms with Crippen LogP contribution in [0.3, 0.4) is 0 Å². The Hall–Kier alpha value is -1.73. The van der Waals surface area contributed by atoms with Crippen molar-refractivity contribution in [3.05, 3.63) is 35.9 Å². The average molecular weight is 323 g/mol. The summed E-state index contributed by atoms with van der Waals surface area (Å²) in [7, 11) is -3.05. The average Bonchev–Trinajstić information content (AvgIpc) is 2.35. The summed E-state index contributed by atoms with van der Waals surface area (Å²) in [5.74, 6) is 0.594. The molecule has 0 bridgehead atoms. The Morgan fingerprint density at radius 1 is 1.43 bits per heavy atom. The summed E-state index contributed by atoms with van der Waals surface area (Å²) < 4.78 is 22.6. The van der Waals surface area contributed by atoms with Crippen LogP contribution in [-0.4, -0.2) is 36.4 Å². The number of benzene rings is 1. The van der Waals surface area contributed by atoms with Crippen LogP contribution in [0.2, 0.25) is 0 Å². The van der Waals surface area contributed by atoms with Gasteiger partial charge >= 0.3 is 0 Å². The van der Waals surface area contributed by atoms with Gasteiger partial charge in [-0.15, -0.1) is 0 Å². The van der Waals surface area contributed by atoms with Crippen LogP contribution in [0.1, 0.15) is 12.5 Å². The molecule has 0 aliphatic heterocycles. The van der Waals surface area contributed by atoms with E-state index in [1.807, 2.05) is 24.3 Å². The lowest BCUT2D eigenvalue weighted by atomic mass is 10.1. The molecule has 21 heavy (non-hydrogen) atoms. The van der Waals surface area contributed by atoms with Crippen LogP contribution < -0.4 is 11.1 Å². The normalized spacial score (nSPS) is 13.0. The van der Waals surface area contributed by atoms with Crippen molar-refractivity contribution in [2.45, 2.75) is 13.0 Å². The predicted molar refractivity (Wildman–Crippen MR) is 90.4 cm³/mol. The maximum atomic E-state index is 11.3. The van der Waals surface area contributed by atoms with Crippen molar-refractivity contribution in [3.63, 3.8) is 0 Å². The van der Waals surface area contributed by atoms with Gasteiger partial charge in [-0.2, -0.15) is 0 Å². The van der Waals surface area contributed by atoms with Gasteiger partial charge in [-0.05, 0) is 19.1 Å². The van der Waals surface area contributed by atoms with E-state index in [0.29, 0.717) is 5.82 Å². The summed E-state index contributed by atoms with van der Waals surface area (Å²) in [4.78, 5) is 4.75. The van der Waals surface area contributed by atoms with Crippen LogP contribution in [0.5, 0.6) is 0 Å². The molecule has 1 aromatic heterocycles. The molecule has 1 atom stereocenters. The van der Waals surface area contributed by atoms with Crippen LogP contribution in [0, 0.1) is 0 Å². The van der Waals surface area contributed by atoms with Crippen molar-refractivity contribution in [1.29, 1.82) is 0 Å². The quantitative estimate of drug-likeness (QED) is 0.815. The van der Waals surface area contributed by atoms with Crippen LogP contribution in [-0.2, 0) is 9.84 Å². The summed E-state index contributed by atoms with van der Waals surface area (Å²) in [6, 6.07) is 9.04. The number of rotatable bonds is 5. The van der Waals surface area contributed by atoms with Gasteiger partial charge < -0.3 is 11.1 Å². The molecule has 7 heteroatoms. The fourth-order valence-corrected chi connectivity index (χ4v) is 3.36. The second-order valence-corrected chi connectivity index (χ2v) is 7.70. The van der Waals surface area contributed by atoms with Gasteiger partial charge in [0, 0.05) is 23.2 Å². The third-order valence-corrected chi connectivity index (χ3v) is 4.25. The Kier molecular flexibility index (Phi) is 4.43. The number of thiocarbonyl (C=S) groups is 1. The number of para-hydroxylation sites is 1. The van der Waals surface area contributed by atoms with Crippen LogP contribution in [0.15, 0.2) is 30.3 Å². The van der Waals surface area contributed by atoms with Crippen LogP contribution in [0.25, 0.3) is 10.9 Å². The lowest BCUT2D eigenvalue weighted by Crippen LogP contribution is -2.25. The number of nitrogens with two attached hydrogens (primary N) is 1. The molecule has 1 heterocycles. The summed E-state index contributed by atoms with van der Waals surface area (Å²) in [6.45, 7) is 1.79. The number of nitrogens with one attached hydrogen (secondary N) is 1. The van der Waals surface area contributed by atoms with E-state index < -0.39 is 9.84 Å². The second-order valence-electron chi connectivity index (χ2n) is 5.07. The highest BCUT2D eigenvalue weighted by atomic mass is 32.2. The monoisotopic (exact) mass is 323 g/mol. The first kappa shape index (κ1) is 15.7. The largest absolute Gasteiger partial charge is 0.389 e. The minimum atomic E-state index is -3.05. The number of hydrogen-bond acceptors (Lipinski definition) is 5. The fraction of sp³-hybridized carbons (Fsp3) is 0.286. The zero-order valence-corrected chi connectivity index (χ0v) is 13.5. The van der Waals surface area contributed by atoms with Crippen molar-refractivity contribution in [3.8, 4) is 0 Å². The van der Waals surface area contributed by atoms with E-state index in [-0.39, 0.29) is 16.8 Å². The van der Waals surface area contributed by atoms with Crippen molar-refractivity contribution < 1.29 is 8.42 Å². The van der Waals surface area contributed by atoms with Crippen LogP contribution >= 0.6 is 12.2 Å². The molecule has 0 aliphatic rings. The first-order valence-corrected chi connectivity index (χ1v) is 8.87. The molecule has 0 saturated heterocycles. The highest BCUT2D eigenvalue weighted by molar-refractivity contribution is 7.90. The third-order valence-electron chi connectivity index (χ3n) is 2.93. The van der Waals surface area contributed by atoms with E-state index in [2.05, 4.69) is 10.3 Å². The molecule has 0 radical (unpaired) electrons. The van der Waals surface area contributed by atoms with E-state index >= 15 is 0 Å². The summed E-state index contributed by atoms with van der Waals surface area (Å²) in [6.07, 6.45) is 1.21. The van der Waals surface area contributed by atoms with Gasteiger partial charge in [0.05, 0.1) is 11.3 Å². The van der Waals surface area contributed by atoms with Crippen molar-refractivity contribution in [2.24, 2.45) is 5.73 Å². The smallest absolute Gasteiger partial charge is 0.149 e. The maximum Gasteiger partial charge on any atom is 0.149 e. The lowest BCUT2D eigenvalue weighted by molar-refractivity contribution is 0.598. The Bertz CT molecular complexity index is 788. The number of nitrogens with zero attached hydrogens (tertiary/aromatic N) is 1. The summed E-state index contributed by atoms with van der Waals surface area (Å²) >= 11 is 5.08. The number of pyridine rings is 1. The molecular weight excluding hydrogens is 306 g/mol. The number of hydrogen-bond donors (Lipinski definition) is 2. The molecule has 0 spiro atoms. The van der Waals surface area contributed by atoms with Gasteiger partial charge in [-0.3, -0.25) is 0 Å². The fourth-order valence-electron chi connectivity index (χ4n) is 2.20. The van der Waals surface area contributed by atoms with Gasteiger partial charge in [-0.25, -0.2) is 13.4 Å². The first-order valence-electron chi connectivity index (χ1n) is 6.40. The van der Waals surface area contributed by atoms with E-state index in [4.69, 9.17) is 18.0 Å². The number of sulfone groups is 1. The van der Waals surface area contributed by atoms with Crippen molar-refractivity contribution in [2.75, 3.05) is 17.3 Å². The minimum absolute atomic E-state index is 0.0317. The third kappa shape index (κ3) is 4.12. The molecule has 0 fully saturated rings. The zero-order valence-electron chi connectivity index (χ0n) is 11.8. The summed E-state index contributed by atoms with van der Waals surface area (Å²) in [5, 5.41) is 3.96. The highest BCUT2D eigenvalue weighted by Crippen LogP contribution is 2.21. The Balaban J connectivity index is 2.39. The molecule has 0 saturated carbocycles. The van der Waals surface area contributed by atoms with Crippen LogP contribution in [0.4, 0.5) is 5.82 Å². The topological polar surface area (TPSA) is 85.1 Å². The van der Waals surface area contributed by atoms with E-state index in [9.17, 15) is 8.42 Å². The highest BCUT2D eigenvalue weighted by Gasteiger charge is 2.13. The maximum absolute atomic E-state index is 11.3. The van der Waals surface area contributed by atoms with Gasteiger partial charge in [-0.1, -0.05) is 30.4 Å². The lowest BCUT2D eigenvalue weighted by Gasteiger charge is -2.15. The Morgan fingerprint density at radius 2 is 2.10 bits per heavy atom. The second kappa shape index (κ2) is 5.95. The molecule has 5 nitrogen and oxygen atoms in total. The first-order chi connectivity index (χ1) is 9.76. The van der Waals surface area contributed by atoms with Crippen molar-refractivity contribution >= 4 is 43.8 Å². The molecule has 0 amide bonds. The Labute approximate surface area is 129 Å². The van der Waals surface area contributed by atoms with Gasteiger partial charge in [0.25, 0.3) is 0 Å². The standard InChI is InChI=1S/C14H17N3O2S2/c1-9(8-21(2,18)19)16-13-7-11(14(15)20)10-5-3-4-6-12(10)17-13/h3-7,9H,8H2,1-2H3,(H2,15,20)(H,16,17). The van der Waals surface area contributed by atoms with Gasteiger partial charge in [0.2, 0.25) is 0 Å². The molecule has 1 aromatic carbocycles. The van der Waals surface area contributed by atoms with Crippen molar-refractivity contribution in [1.82, 2.24) is 4.98 Å². The molecule has 2 aromatic rings. The minimum Gasteiger partial charge on any atom is -0.389 e. The van der Waals surface area contributed by atoms with E-state index in [0.717, 1.165) is 16.5 Å². The summed E-state index contributed by atoms with van der Waals surface area (Å²) in [5.41, 5.74) is 7.25. The van der Waals surface area contributed by atoms with E-state index in [1.165, 1.54) is 6.26 Å². The van der Waals surface area contributed by atoms with Gasteiger partial charge in [0.1, 0.15) is 20.6 Å². The number of aromatic nitrogens is 1. The molecule has 1 unspecified atom stereocenters. The van der Waals surface area contributed by atoms with E-state index in [1.54, 1.807) is 13.0 Å². The molecule has 112 valence electrons. The Morgan fingerprint density at radius 3 is 2.71 bits per heavy atom. The molecule has 0 aliphatic carbocycles. The van der Waals surface area contributed by atoms with Gasteiger partial charge in [0.15, 0.2) is 0 Å². The number of anilines is 1. The molecule has 2 rings (SSSR count). The predicted octanol–water partition coefficient (Wildman–Crippen LogP) is 1.71. The molecular formula is C14H17N3O2S2. The SMILES string of the molecule is CC(CS(C)(=O)=O)Nc1cc(C(N)=S)c2ccccc2n1. The number of fused-ring (bicyclic) bond motifs is 1.